The number of hydrogen-bond acceptors (Lipinski definition) is 7. The number of ether oxygens (including phenoxy) is 2. The van der Waals surface area contributed by atoms with Gasteiger partial charge in [0.25, 0.3) is 5.91 Å². The second kappa shape index (κ2) is 16.2. The fraction of sp³-hybridized carbons (Fsp3) is 0.553. The Kier molecular flexibility index (Phi) is 12.4. The second-order valence-corrected chi connectivity index (χ2v) is 13.6. The van der Waals surface area contributed by atoms with Crippen molar-refractivity contribution in [2.75, 3.05) is 31.1 Å². The molecule has 2 fully saturated rings. The van der Waals surface area contributed by atoms with Crippen molar-refractivity contribution in [3.05, 3.63) is 59.8 Å². The van der Waals surface area contributed by atoms with Crippen molar-refractivity contribution in [1.82, 2.24) is 9.80 Å². The van der Waals surface area contributed by atoms with Gasteiger partial charge in [0.15, 0.2) is 5.60 Å². The van der Waals surface area contributed by atoms with Gasteiger partial charge in [0.2, 0.25) is 5.91 Å². The summed E-state index contributed by atoms with van der Waals surface area (Å²) in [6.45, 7) is 15.2. The summed E-state index contributed by atoms with van der Waals surface area (Å²) < 4.78 is 12.5. The fourth-order valence-corrected chi connectivity index (χ4v) is 6.38. The van der Waals surface area contributed by atoms with Gasteiger partial charge in [0, 0.05) is 74.1 Å². The number of carbonyl (C=O) groups is 2. The van der Waals surface area contributed by atoms with E-state index >= 15 is 0 Å². The van der Waals surface area contributed by atoms with E-state index < -0.39 is 5.60 Å². The molecule has 4 rings (SSSR count). The summed E-state index contributed by atoms with van der Waals surface area (Å²) in [7, 11) is 0. The number of amides is 2. The molecule has 1 saturated heterocycles. The molecule has 2 aromatic carbocycles. The maximum absolute atomic E-state index is 14.2. The van der Waals surface area contributed by atoms with E-state index in [1.54, 1.807) is 0 Å². The van der Waals surface area contributed by atoms with Crippen molar-refractivity contribution in [2.45, 2.75) is 104 Å². The van der Waals surface area contributed by atoms with Crippen LogP contribution >= 0.6 is 0 Å². The Labute approximate surface area is 281 Å². The van der Waals surface area contributed by atoms with Gasteiger partial charge in [-0.1, -0.05) is 32.0 Å². The molecule has 0 spiro atoms. The van der Waals surface area contributed by atoms with Gasteiger partial charge >= 0.3 is 0 Å². The van der Waals surface area contributed by atoms with Crippen molar-refractivity contribution in [1.29, 1.82) is 5.41 Å². The molecule has 0 bridgehead atoms. The first-order valence-corrected chi connectivity index (χ1v) is 17.4. The van der Waals surface area contributed by atoms with Crippen LogP contribution in [0.1, 0.15) is 91.2 Å². The zero-order valence-corrected chi connectivity index (χ0v) is 29.3. The Balaban J connectivity index is 1.49. The molecule has 1 saturated carbocycles. The summed E-state index contributed by atoms with van der Waals surface area (Å²) in [5.74, 6) is 1.43. The van der Waals surface area contributed by atoms with Crippen LogP contribution in [0, 0.1) is 11.3 Å². The standard InChI is InChI=1S/C38H55N5O4/c1-7-18-41(19-8-2)37(45)38(5,6)47-34-13-9-12-33(22-34)42-20-10-11-30(25-42)36(44)43(32-16-17-32)26-29-15-14-28(31(23-39)24-40)21-35(29)46-27(3)4/h9,12-15,21-24,27,30,32,39H,7-8,10-11,16-20,25-26,40H2,1-6H3/b31-24+,39-23?/t30-/m1/s1. The number of allylic oxidation sites excluding steroid dienone is 1. The number of piperidine rings is 1. The minimum Gasteiger partial charge on any atom is -0.491 e. The Morgan fingerprint density at radius 1 is 1.09 bits per heavy atom. The highest BCUT2D eigenvalue weighted by atomic mass is 16.5. The predicted molar refractivity (Wildman–Crippen MR) is 190 cm³/mol. The monoisotopic (exact) mass is 645 g/mol. The molecule has 0 unspecified atom stereocenters. The first kappa shape index (κ1) is 35.8. The predicted octanol–water partition coefficient (Wildman–Crippen LogP) is 6.64. The van der Waals surface area contributed by atoms with Crippen LogP contribution in [0.5, 0.6) is 11.5 Å². The molecule has 1 atom stereocenters. The highest BCUT2D eigenvalue weighted by Gasteiger charge is 2.38. The highest BCUT2D eigenvalue weighted by Crippen LogP contribution is 2.35. The number of anilines is 1. The first-order chi connectivity index (χ1) is 22.5. The Bertz CT molecular complexity index is 1410. The molecular formula is C38H55N5O4. The maximum Gasteiger partial charge on any atom is 0.266 e. The summed E-state index contributed by atoms with van der Waals surface area (Å²) in [6, 6.07) is 14.0. The normalized spacial score (nSPS) is 17.0. The SMILES string of the molecule is CCCN(CCC)C(=O)C(C)(C)Oc1cccc(N2CCC[C@@H](C(=O)N(Cc3ccc(/C(C=N)=C/N)cc3OC(C)C)C3CC3)C2)c1. The Hall–Kier alpha value is -4.01. The minimum absolute atomic E-state index is 0.00185. The summed E-state index contributed by atoms with van der Waals surface area (Å²) in [6.07, 6.45) is 8.21. The first-order valence-electron chi connectivity index (χ1n) is 17.4. The third-order valence-electron chi connectivity index (χ3n) is 8.83. The fourth-order valence-electron chi connectivity index (χ4n) is 6.38. The van der Waals surface area contributed by atoms with E-state index in [-0.39, 0.29) is 29.9 Å². The molecule has 1 aliphatic carbocycles. The van der Waals surface area contributed by atoms with E-state index in [9.17, 15) is 9.59 Å². The van der Waals surface area contributed by atoms with Crippen molar-refractivity contribution in [3.63, 3.8) is 0 Å². The number of rotatable bonds is 16. The van der Waals surface area contributed by atoms with Gasteiger partial charge in [-0.2, -0.15) is 0 Å². The molecule has 47 heavy (non-hydrogen) atoms. The molecule has 9 nitrogen and oxygen atoms in total. The average Bonchev–Trinajstić information content (AvgIpc) is 3.89. The van der Waals surface area contributed by atoms with Crippen LogP contribution in [0.25, 0.3) is 5.57 Å². The largest absolute Gasteiger partial charge is 0.491 e. The number of nitrogens with zero attached hydrogens (tertiary/aromatic N) is 3. The number of hydrogen-bond donors (Lipinski definition) is 2. The molecule has 3 N–H and O–H groups in total. The Morgan fingerprint density at radius 3 is 2.43 bits per heavy atom. The van der Waals surface area contributed by atoms with Crippen molar-refractivity contribution < 1.29 is 19.1 Å². The van der Waals surface area contributed by atoms with E-state index in [2.05, 4.69) is 29.7 Å². The molecule has 256 valence electrons. The average molecular weight is 646 g/mol. The summed E-state index contributed by atoms with van der Waals surface area (Å²) >= 11 is 0. The lowest BCUT2D eigenvalue weighted by Gasteiger charge is -2.37. The zero-order valence-electron chi connectivity index (χ0n) is 29.3. The van der Waals surface area contributed by atoms with E-state index in [1.165, 1.54) is 12.4 Å². The van der Waals surface area contributed by atoms with Gasteiger partial charge in [-0.05, 0) is 90.0 Å². The summed E-state index contributed by atoms with van der Waals surface area (Å²) in [5.41, 5.74) is 8.14. The second-order valence-electron chi connectivity index (χ2n) is 13.6. The minimum atomic E-state index is -0.994. The third kappa shape index (κ3) is 9.30. The summed E-state index contributed by atoms with van der Waals surface area (Å²) in [5, 5.41) is 7.71. The number of nitrogens with two attached hydrogens (primary N) is 1. The van der Waals surface area contributed by atoms with Gasteiger partial charge < -0.3 is 35.3 Å². The van der Waals surface area contributed by atoms with Crippen LogP contribution in [-0.4, -0.2) is 71.8 Å². The number of carbonyl (C=O) groups excluding carboxylic acids is 2. The molecule has 0 radical (unpaired) electrons. The van der Waals surface area contributed by atoms with Crippen LogP contribution in [0.2, 0.25) is 0 Å². The molecule has 1 heterocycles. The van der Waals surface area contributed by atoms with Crippen molar-refractivity contribution in [2.24, 2.45) is 11.7 Å². The molecule has 2 aromatic rings. The third-order valence-corrected chi connectivity index (χ3v) is 8.83. The smallest absolute Gasteiger partial charge is 0.266 e. The zero-order chi connectivity index (χ0) is 34.1. The van der Waals surface area contributed by atoms with Gasteiger partial charge in [-0.15, -0.1) is 0 Å². The van der Waals surface area contributed by atoms with Crippen molar-refractivity contribution >= 4 is 29.3 Å². The maximum atomic E-state index is 14.2. The van der Waals surface area contributed by atoms with Crippen molar-refractivity contribution in [3.8, 4) is 11.5 Å². The van der Waals surface area contributed by atoms with E-state index in [1.807, 2.05) is 69.0 Å². The quantitative estimate of drug-likeness (QED) is 0.198. The van der Waals surface area contributed by atoms with Gasteiger partial charge in [0.05, 0.1) is 12.0 Å². The van der Waals surface area contributed by atoms with Crippen LogP contribution in [-0.2, 0) is 16.1 Å². The van der Waals surface area contributed by atoms with E-state index in [0.29, 0.717) is 30.2 Å². The van der Waals surface area contributed by atoms with Gasteiger partial charge in [-0.25, -0.2) is 0 Å². The molecule has 2 amide bonds. The molecule has 1 aliphatic heterocycles. The van der Waals surface area contributed by atoms with Gasteiger partial charge in [-0.3, -0.25) is 9.59 Å². The van der Waals surface area contributed by atoms with Crippen LogP contribution < -0.4 is 20.1 Å². The lowest BCUT2D eigenvalue weighted by Crippen LogP contribution is -2.49. The molecule has 9 heteroatoms. The van der Waals surface area contributed by atoms with E-state index in [4.69, 9.17) is 20.6 Å². The topological polar surface area (TPSA) is 112 Å². The van der Waals surface area contributed by atoms with Crippen LogP contribution in [0.3, 0.4) is 0 Å². The van der Waals surface area contributed by atoms with Gasteiger partial charge in [0.1, 0.15) is 11.5 Å². The lowest BCUT2D eigenvalue weighted by molar-refractivity contribution is -0.145. The number of nitrogens with one attached hydrogen (secondary N) is 1. The number of benzene rings is 2. The van der Waals surface area contributed by atoms with Crippen LogP contribution in [0.15, 0.2) is 48.7 Å². The highest BCUT2D eigenvalue weighted by molar-refractivity contribution is 6.08. The molecule has 2 aliphatic rings. The van der Waals surface area contributed by atoms with Crippen LogP contribution in [0.4, 0.5) is 5.69 Å². The summed E-state index contributed by atoms with van der Waals surface area (Å²) in [4.78, 5) is 33.8. The Morgan fingerprint density at radius 2 is 1.81 bits per heavy atom. The lowest BCUT2D eigenvalue weighted by atomic mass is 9.95. The molecular weight excluding hydrogens is 590 g/mol. The molecule has 0 aromatic heterocycles. The van der Waals surface area contributed by atoms with E-state index in [0.717, 1.165) is 75.0 Å².